The fourth-order valence-electron chi connectivity index (χ4n) is 2.35. The Balaban J connectivity index is 0.00000133. The maximum Gasteiger partial charge on any atom is 0.0662 e. The average Bonchev–Trinajstić information content (AvgIpc) is 2.49. The van der Waals surface area contributed by atoms with Gasteiger partial charge in [0.2, 0.25) is 0 Å². The molecule has 19 heavy (non-hydrogen) atoms. The van der Waals surface area contributed by atoms with Crippen molar-refractivity contribution in [2.45, 2.75) is 6.04 Å². The van der Waals surface area contributed by atoms with Gasteiger partial charge < -0.3 is 10.1 Å². The van der Waals surface area contributed by atoms with E-state index in [1.807, 2.05) is 6.07 Å². The Bertz CT molecular complexity index is 509. The highest BCUT2D eigenvalue weighted by Crippen LogP contribution is 2.24. The molecule has 3 rings (SSSR count). The summed E-state index contributed by atoms with van der Waals surface area (Å²) in [7, 11) is 0. The van der Waals surface area contributed by atoms with Crippen LogP contribution in [0.3, 0.4) is 0 Å². The second-order valence-electron chi connectivity index (χ2n) is 4.57. The molecular formula is C16H18ClNO. The van der Waals surface area contributed by atoms with E-state index in [4.69, 9.17) is 4.74 Å². The molecule has 100 valence electrons. The summed E-state index contributed by atoms with van der Waals surface area (Å²) >= 11 is 0. The van der Waals surface area contributed by atoms with Gasteiger partial charge in [0.05, 0.1) is 19.3 Å². The van der Waals surface area contributed by atoms with Gasteiger partial charge in [-0.3, -0.25) is 0 Å². The van der Waals surface area contributed by atoms with Crippen molar-refractivity contribution in [3.05, 3.63) is 60.2 Å². The maximum absolute atomic E-state index is 5.52. The van der Waals surface area contributed by atoms with Crippen molar-refractivity contribution >= 4 is 12.4 Å². The summed E-state index contributed by atoms with van der Waals surface area (Å²) in [5.41, 5.74) is 3.83. The van der Waals surface area contributed by atoms with Crippen molar-refractivity contribution in [2.24, 2.45) is 0 Å². The standard InChI is InChI=1S/C16H17NO.ClH/c1-2-5-13(6-3-1)14-7-4-8-15(11-14)16-12-18-10-9-17-16;/h1-8,11,16-17H,9-10,12H2;1H/t16-;/m1./s1. The highest BCUT2D eigenvalue weighted by molar-refractivity contribution is 5.85. The van der Waals surface area contributed by atoms with E-state index in [1.165, 1.54) is 16.7 Å². The summed E-state index contributed by atoms with van der Waals surface area (Å²) < 4.78 is 5.52. The first kappa shape index (κ1) is 14.1. The lowest BCUT2D eigenvalue weighted by Gasteiger charge is -2.24. The second kappa shape index (κ2) is 6.71. The number of ether oxygens (including phenoxy) is 1. The highest BCUT2D eigenvalue weighted by atomic mass is 35.5. The smallest absolute Gasteiger partial charge is 0.0662 e. The van der Waals surface area contributed by atoms with Gasteiger partial charge in [0, 0.05) is 6.54 Å². The first-order valence-corrected chi connectivity index (χ1v) is 6.40. The van der Waals surface area contributed by atoms with Crippen LogP contribution >= 0.6 is 12.4 Å². The molecule has 0 aliphatic carbocycles. The van der Waals surface area contributed by atoms with Gasteiger partial charge in [-0.05, 0) is 22.8 Å². The Labute approximate surface area is 120 Å². The van der Waals surface area contributed by atoms with Crippen LogP contribution in [-0.2, 0) is 4.74 Å². The van der Waals surface area contributed by atoms with Crippen molar-refractivity contribution in [3.63, 3.8) is 0 Å². The zero-order valence-electron chi connectivity index (χ0n) is 10.7. The lowest BCUT2D eigenvalue weighted by molar-refractivity contribution is 0.0769. The van der Waals surface area contributed by atoms with Crippen molar-refractivity contribution in [2.75, 3.05) is 19.8 Å². The topological polar surface area (TPSA) is 21.3 Å². The van der Waals surface area contributed by atoms with E-state index >= 15 is 0 Å². The third-order valence-electron chi connectivity index (χ3n) is 3.32. The molecular weight excluding hydrogens is 258 g/mol. The summed E-state index contributed by atoms with van der Waals surface area (Å²) in [6.45, 7) is 2.51. The lowest BCUT2D eigenvalue weighted by atomic mass is 9.99. The van der Waals surface area contributed by atoms with E-state index < -0.39 is 0 Å². The van der Waals surface area contributed by atoms with E-state index in [0.29, 0.717) is 6.04 Å². The van der Waals surface area contributed by atoms with Gasteiger partial charge in [0.15, 0.2) is 0 Å². The minimum absolute atomic E-state index is 0. The number of hydrogen-bond acceptors (Lipinski definition) is 2. The Hall–Kier alpha value is -1.35. The molecule has 1 atom stereocenters. The lowest BCUT2D eigenvalue weighted by Crippen LogP contribution is -2.34. The molecule has 1 heterocycles. The molecule has 2 aromatic carbocycles. The van der Waals surface area contributed by atoms with Crippen molar-refractivity contribution in [1.29, 1.82) is 0 Å². The van der Waals surface area contributed by atoms with Crippen molar-refractivity contribution in [1.82, 2.24) is 5.32 Å². The number of nitrogens with one attached hydrogen (secondary N) is 1. The van der Waals surface area contributed by atoms with E-state index in [9.17, 15) is 0 Å². The zero-order chi connectivity index (χ0) is 12.2. The third kappa shape index (κ3) is 3.35. The van der Waals surface area contributed by atoms with Crippen LogP contribution in [0.15, 0.2) is 54.6 Å². The number of morpholine rings is 1. The predicted octanol–water partition coefficient (Wildman–Crippen LogP) is 3.44. The minimum Gasteiger partial charge on any atom is -0.378 e. The fourth-order valence-corrected chi connectivity index (χ4v) is 2.35. The van der Waals surface area contributed by atoms with Crippen LogP contribution in [0.4, 0.5) is 0 Å². The first-order valence-electron chi connectivity index (χ1n) is 6.40. The summed E-state index contributed by atoms with van der Waals surface area (Å²) in [5, 5.41) is 3.49. The van der Waals surface area contributed by atoms with Crippen LogP contribution < -0.4 is 5.32 Å². The molecule has 1 fully saturated rings. The summed E-state index contributed by atoms with van der Waals surface area (Å²) in [6.07, 6.45) is 0. The van der Waals surface area contributed by atoms with Gasteiger partial charge in [-0.2, -0.15) is 0 Å². The largest absolute Gasteiger partial charge is 0.378 e. The number of benzene rings is 2. The number of hydrogen-bond donors (Lipinski definition) is 1. The SMILES string of the molecule is Cl.c1ccc(-c2cccc([C@H]3COCCN3)c2)cc1. The highest BCUT2D eigenvalue weighted by Gasteiger charge is 2.15. The monoisotopic (exact) mass is 275 g/mol. The summed E-state index contributed by atoms with van der Waals surface area (Å²) in [6, 6.07) is 19.5. The summed E-state index contributed by atoms with van der Waals surface area (Å²) in [5.74, 6) is 0. The van der Waals surface area contributed by atoms with Gasteiger partial charge in [0.25, 0.3) is 0 Å². The molecule has 0 bridgehead atoms. The van der Waals surface area contributed by atoms with E-state index in [-0.39, 0.29) is 12.4 Å². The Morgan fingerprint density at radius 1 is 0.947 bits per heavy atom. The van der Waals surface area contributed by atoms with Crippen LogP contribution in [0.5, 0.6) is 0 Å². The molecule has 0 aromatic heterocycles. The van der Waals surface area contributed by atoms with Crippen molar-refractivity contribution in [3.8, 4) is 11.1 Å². The van der Waals surface area contributed by atoms with Gasteiger partial charge in [-0.15, -0.1) is 12.4 Å². The second-order valence-corrected chi connectivity index (χ2v) is 4.57. The molecule has 1 saturated heterocycles. The van der Waals surface area contributed by atoms with E-state index in [1.54, 1.807) is 0 Å². The van der Waals surface area contributed by atoms with Crippen LogP contribution in [0.25, 0.3) is 11.1 Å². The Morgan fingerprint density at radius 2 is 1.74 bits per heavy atom. The molecule has 1 aliphatic heterocycles. The number of rotatable bonds is 2. The van der Waals surface area contributed by atoms with Crippen molar-refractivity contribution < 1.29 is 4.74 Å². The first-order chi connectivity index (χ1) is 8.93. The molecule has 2 nitrogen and oxygen atoms in total. The molecule has 0 amide bonds. The molecule has 1 aliphatic rings. The van der Waals surface area contributed by atoms with E-state index in [0.717, 1.165) is 19.8 Å². The predicted molar refractivity (Wildman–Crippen MR) is 80.7 cm³/mol. The average molecular weight is 276 g/mol. The third-order valence-corrected chi connectivity index (χ3v) is 3.32. The van der Waals surface area contributed by atoms with Crippen LogP contribution in [0.1, 0.15) is 11.6 Å². The summed E-state index contributed by atoms with van der Waals surface area (Å²) in [4.78, 5) is 0. The van der Waals surface area contributed by atoms with Gasteiger partial charge in [0.1, 0.15) is 0 Å². The molecule has 0 radical (unpaired) electrons. The van der Waals surface area contributed by atoms with Crippen LogP contribution in [0, 0.1) is 0 Å². The minimum atomic E-state index is 0. The van der Waals surface area contributed by atoms with Crippen LogP contribution in [0.2, 0.25) is 0 Å². The molecule has 3 heteroatoms. The molecule has 1 N–H and O–H groups in total. The zero-order valence-corrected chi connectivity index (χ0v) is 11.5. The molecule has 0 spiro atoms. The van der Waals surface area contributed by atoms with E-state index in [2.05, 4.69) is 53.8 Å². The molecule has 2 aromatic rings. The Kier molecular flexibility index (Phi) is 4.97. The van der Waals surface area contributed by atoms with Crippen LogP contribution in [-0.4, -0.2) is 19.8 Å². The normalized spacial score (nSPS) is 18.6. The molecule has 0 unspecified atom stereocenters. The maximum atomic E-state index is 5.52. The quantitative estimate of drug-likeness (QED) is 0.907. The fraction of sp³-hybridized carbons (Fsp3) is 0.250. The van der Waals surface area contributed by atoms with Gasteiger partial charge >= 0.3 is 0 Å². The van der Waals surface area contributed by atoms with Gasteiger partial charge in [-0.1, -0.05) is 48.5 Å². The van der Waals surface area contributed by atoms with Gasteiger partial charge in [-0.25, -0.2) is 0 Å². The Morgan fingerprint density at radius 3 is 2.47 bits per heavy atom. The number of halogens is 1. The molecule has 0 saturated carbocycles.